The lowest BCUT2D eigenvalue weighted by Crippen LogP contribution is -2.26. The fraction of sp³-hybridized carbons (Fsp3) is 0.261. The zero-order valence-corrected chi connectivity index (χ0v) is 15.5. The predicted molar refractivity (Wildman–Crippen MR) is 108 cm³/mol. The van der Waals surface area contributed by atoms with E-state index in [0.29, 0.717) is 6.54 Å². The van der Waals surface area contributed by atoms with Crippen LogP contribution in [0.3, 0.4) is 0 Å². The molecule has 0 bridgehead atoms. The lowest BCUT2D eigenvalue weighted by Gasteiger charge is -2.20. The molecule has 0 saturated carbocycles. The van der Waals surface area contributed by atoms with Crippen molar-refractivity contribution in [1.29, 1.82) is 0 Å². The Morgan fingerprint density at radius 3 is 2.27 bits per heavy atom. The molecule has 3 heteroatoms. The zero-order chi connectivity index (χ0) is 18.4. The summed E-state index contributed by atoms with van der Waals surface area (Å²) in [6.45, 7) is 7.84. The highest BCUT2D eigenvalue weighted by molar-refractivity contribution is 6.06. The Kier molecular flexibility index (Phi) is 6.03. The fourth-order valence-corrected chi connectivity index (χ4v) is 3.27. The summed E-state index contributed by atoms with van der Waals surface area (Å²) in [5.74, 6) is -0.0283. The Bertz CT molecular complexity index is 879. The number of carbonyl (C=O) groups is 1. The van der Waals surface area contributed by atoms with E-state index >= 15 is 0 Å². The minimum absolute atomic E-state index is 0.0283. The van der Waals surface area contributed by atoms with Crippen molar-refractivity contribution in [3.05, 3.63) is 83.4 Å². The number of benzene rings is 3. The van der Waals surface area contributed by atoms with Gasteiger partial charge in [-0.15, -0.1) is 0 Å². The minimum atomic E-state index is -0.0283. The van der Waals surface area contributed by atoms with Crippen molar-refractivity contribution in [3.8, 4) is 0 Å². The van der Waals surface area contributed by atoms with Crippen molar-refractivity contribution in [3.63, 3.8) is 0 Å². The summed E-state index contributed by atoms with van der Waals surface area (Å²) in [5.41, 5.74) is 3.17. The molecule has 0 fully saturated rings. The summed E-state index contributed by atoms with van der Waals surface area (Å²) in [5, 5.41) is 5.17. The Balaban J connectivity index is 1.76. The minimum Gasteiger partial charge on any atom is -0.348 e. The van der Waals surface area contributed by atoms with Crippen molar-refractivity contribution in [1.82, 2.24) is 10.2 Å². The lowest BCUT2D eigenvalue weighted by molar-refractivity contribution is 0.0952. The quantitative estimate of drug-likeness (QED) is 0.677. The van der Waals surface area contributed by atoms with Gasteiger partial charge in [-0.05, 0) is 41.1 Å². The highest BCUT2D eigenvalue weighted by Gasteiger charge is 2.11. The van der Waals surface area contributed by atoms with E-state index in [1.165, 1.54) is 11.1 Å². The number of amides is 1. The van der Waals surface area contributed by atoms with Crippen molar-refractivity contribution in [2.45, 2.75) is 26.9 Å². The molecule has 1 N–H and O–H groups in total. The Morgan fingerprint density at radius 1 is 0.846 bits per heavy atom. The molecule has 0 spiro atoms. The molecule has 0 aliphatic heterocycles. The van der Waals surface area contributed by atoms with Gasteiger partial charge >= 0.3 is 0 Å². The molecule has 0 saturated heterocycles. The molecule has 26 heavy (non-hydrogen) atoms. The second kappa shape index (κ2) is 8.63. The van der Waals surface area contributed by atoms with E-state index in [-0.39, 0.29) is 5.91 Å². The molecule has 0 unspecified atom stereocenters. The van der Waals surface area contributed by atoms with Gasteiger partial charge in [0.15, 0.2) is 0 Å². The number of hydrogen-bond donors (Lipinski definition) is 1. The first-order chi connectivity index (χ1) is 12.7. The lowest BCUT2D eigenvalue weighted by atomic mass is 10.0. The summed E-state index contributed by atoms with van der Waals surface area (Å²) in [6, 6.07) is 22.2. The van der Waals surface area contributed by atoms with E-state index in [1.807, 2.05) is 48.5 Å². The van der Waals surface area contributed by atoms with Gasteiger partial charge in [-0.2, -0.15) is 0 Å². The van der Waals surface area contributed by atoms with E-state index < -0.39 is 0 Å². The molecular formula is C23H26N2O. The molecule has 0 aliphatic carbocycles. The fourth-order valence-electron chi connectivity index (χ4n) is 3.27. The maximum atomic E-state index is 12.8. The van der Waals surface area contributed by atoms with Crippen LogP contribution in [-0.4, -0.2) is 23.9 Å². The van der Waals surface area contributed by atoms with Gasteiger partial charge in [0.2, 0.25) is 0 Å². The maximum Gasteiger partial charge on any atom is 0.252 e. The van der Waals surface area contributed by atoms with Gasteiger partial charge in [0.25, 0.3) is 5.91 Å². The molecule has 3 aromatic carbocycles. The van der Waals surface area contributed by atoms with Gasteiger partial charge in [-0.1, -0.05) is 74.5 Å². The predicted octanol–water partition coefficient (Wildman–Crippen LogP) is 4.61. The third-order valence-corrected chi connectivity index (χ3v) is 4.88. The standard InChI is InChI=1S/C23H26N2O/c1-3-25(4-2)17-20-12-6-5-11-19(20)16-24-23(26)22-15-9-13-18-10-7-8-14-21(18)22/h5-15H,3-4,16-17H2,1-2H3,(H,24,26). The van der Waals surface area contributed by atoms with Crippen LogP contribution in [0.5, 0.6) is 0 Å². The molecule has 0 aromatic heterocycles. The highest BCUT2D eigenvalue weighted by atomic mass is 16.1. The number of nitrogens with zero attached hydrogens (tertiary/aromatic N) is 1. The normalized spacial score (nSPS) is 11.0. The van der Waals surface area contributed by atoms with Crippen LogP contribution in [0.2, 0.25) is 0 Å². The third-order valence-electron chi connectivity index (χ3n) is 4.88. The van der Waals surface area contributed by atoms with E-state index in [0.717, 1.165) is 36.0 Å². The highest BCUT2D eigenvalue weighted by Crippen LogP contribution is 2.19. The Hall–Kier alpha value is -2.65. The monoisotopic (exact) mass is 346 g/mol. The molecule has 0 heterocycles. The van der Waals surface area contributed by atoms with Crippen molar-refractivity contribution < 1.29 is 4.79 Å². The van der Waals surface area contributed by atoms with Gasteiger partial charge in [-0.25, -0.2) is 0 Å². The summed E-state index contributed by atoms with van der Waals surface area (Å²) >= 11 is 0. The molecule has 1 amide bonds. The molecular weight excluding hydrogens is 320 g/mol. The van der Waals surface area contributed by atoms with Crippen molar-refractivity contribution in [2.24, 2.45) is 0 Å². The van der Waals surface area contributed by atoms with Gasteiger partial charge < -0.3 is 5.32 Å². The van der Waals surface area contributed by atoms with Crippen LogP contribution in [0, 0.1) is 0 Å². The van der Waals surface area contributed by atoms with Crippen LogP contribution in [0.4, 0.5) is 0 Å². The van der Waals surface area contributed by atoms with Crippen LogP contribution in [0.1, 0.15) is 35.3 Å². The first-order valence-electron chi connectivity index (χ1n) is 9.28. The van der Waals surface area contributed by atoms with E-state index in [1.54, 1.807) is 0 Å². The number of fused-ring (bicyclic) bond motifs is 1. The molecule has 0 radical (unpaired) electrons. The summed E-state index contributed by atoms with van der Waals surface area (Å²) in [6.07, 6.45) is 0. The van der Waals surface area contributed by atoms with Crippen LogP contribution in [-0.2, 0) is 13.1 Å². The van der Waals surface area contributed by atoms with Gasteiger partial charge in [0, 0.05) is 18.7 Å². The molecule has 3 rings (SSSR count). The first kappa shape index (κ1) is 18.2. The van der Waals surface area contributed by atoms with Crippen molar-refractivity contribution in [2.75, 3.05) is 13.1 Å². The molecule has 0 atom stereocenters. The van der Waals surface area contributed by atoms with Crippen LogP contribution < -0.4 is 5.32 Å². The number of rotatable bonds is 7. The molecule has 3 aromatic rings. The summed E-state index contributed by atoms with van der Waals surface area (Å²) < 4.78 is 0. The van der Waals surface area contributed by atoms with Gasteiger partial charge in [-0.3, -0.25) is 9.69 Å². The molecule has 0 aliphatic rings. The second-order valence-electron chi connectivity index (χ2n) is 6.44. The zero-order valence-electron chi connectivity index (χ0n) is 15.5. The van der Waals surface area contributed by atoms with E-state index in [9.17, 15) is 4.79 Å². The SMILES string of the molecule is CCN(CC)Cc1ccccc1CNC(=O)c1cccc2ccccc12. The first-order valence-corrected chi connectivity index (χ1v) is 9.28. The second-order valence-corrected chi connectivity index (χ2v) is 6.44. The molecule has 134 valence electrons. The maximum absolute atomic E-state index is 12.8. The Morgan fingerprint density at radius 2 is 1.50 bits per heavy atom. The smallest absolute Gasteiger partial charge is 0.252 e. The van der Waals surface area contributed by atoms with Crippen LogP contribution in [0.15, 0.2) is 66.7 Å². The average molecular weight is 346 g/mol. The topological polar surface area (TPSA) is 32.3 Å². The number of hydrogen-bond acceptors (Lipinski definition) is 2. The number of nitrogens with one attached hydrogen (secondary N) is 1. The number of carbonyl (C=O) groups excluding carboxylic acids is 1. The van der Waals surface area contributed by atoms with Crippen LogP contribution in [0.25, 0.3) is 10.8 Å². The third kappa shape index (κ3) is 4.12. The Labute approximate surface area is 155 Å². The molecule has 3 nitrogen and oxygen atoms in total. The van der Waals surface area contributed by atoms with E-state index in [2.05, 4.69) is 42.3 Å². The largest absolute Gasteiger partial charge is 0.348 e. The van der Waals surface area contributed by atoms with Crippen molar-refractivity contribution >= 4 is 16.7 Å². The average Bonchev–Trinajstić information content (AvgIpc) is 2.70. The van der Waals surface area contributed by atoms with Crippen LogP contribution >= 0.6 is 0 Å². The van der Waals surface area contributed by atoms with Gasteiger partial charge in [0.05, 0.1) is 0 Å². The summed E-state index contributed by atoms with van der Waals surface area (Å²) in [7, 11) is 0. The van der Waals surface area contributed by atoms with E-state index in [4.69, 9.17) is 0 Å². The van der Waals surface area contributed by atoms with Gasteiger partial charge in [0.1, 0.15) is 0 Å². The summed E-state index contributed by atoms with van der Waals surface area (Å²) in [4.78, 5) is 15.1.